The maximum absolute atomic E-state index is 10.8. The average Bonchev–Trinajstić information content (AvgIpc) is 2.78. The lowest BCUT2D eigenvalue weighted by Crippen LogP contribution is -2.03. The van der Waals surface area contributed by atoms with Crippen molar-refractivity contribution in [2.24, 2.45) is 0 Å². The maximum Gasteiger partial charge on any atom is 0.356 e. The lowest BCUT2D eigenvalue weighted by atomic mass is 10.3. The fraction of sp³-hybridized carbons (Fsp3) is 0. The molecular weight excluding hydrogens is 226 g/mol. The Hall–Kier alpha value is -2.70. The molecule has 0 bridgehead atoms. The van der Waals surface area contributed by atoms with Crippen molar-refractivity contribution in [3.8, 4) is 5.69 Å². The molecule has 0 amide bonds. The summed E-state index contributed by atoms with van der Waals surface area (Å²) in [7, 11) is 0. The van der Waals surface area contributed by atoms with E-state index in [4.69, 9.17) is 5.11 Å². The van der Waals surface area contributed by atoms with E-state index in [2.05, 4.69) is 5.10 Å². The van der Waals surface area contributed by atoms with Crippen LogP contribution in [0.5, 0.6) is 0 Å². The molecule has 1 aromatic carbocycles. The molecule has 0 aliphatic carbocycles. The molecule has 1 heterocycles. The van der Waals surface area contributed by atoms with E-state index in [0.29, 0.717) is 0 Å². The van der Waals surface area contributed by atoms with Gasteiger partial charge in [0.15, 0.2) is 5.69 Å². The zero-order valence-corrected chi connectivity index (χ0v) is 8.48. The second-order valence-corrected chi connectivity index (χ2v) is 3.20. The van der Waals surface area contributed by atoms with Gasteiger partial charge < -0.3 is 5.11 Å². The maximum atomic E-state index is 10.8. The van der Waals surface area contributed by atoms with Gasteiger partial charge in [-0.2, -0.15) is 5.10 Å². The summed E-state index contributed by atoms with van der Waals surface area (Å²) in [4.78, 5) is 20.9. The Balaban J connectivity index is 2.52. The first-order chi connectivity index (χ1) is 8.09. The van der Waals surface area contributed by atoms with Gasteiger partial charge in [-0.1, -0.05) is 12.1 Å². The van der Waals surface area contributed by atoms with Gasteiger partial charge in [-0.05, 0) is 12.1 Å². The zero-order chi connectivity index (χ0) is 12.4. The molecule has 0 aliphatic rings. The number of aromatic nitrogens is 2. The second-order valence-electron chi connectivity index (χ2n) is 3.20. The molecule has 0 fully saturated rings. The highest BCUT2D eigenvalue weighted by atomic mass is 16.6. The third-order valence-electron chi connectivity index (χ3n) is 2.13. The van der Waals surface area contributed by atoms with E-state index >= 15 is 0 Å². The fourth-order valence-electron chi connectivity index (χ4n) is 1.38. The topological polar surface area (TPSA) is 98.3 Å². The molecule has 0 spiro atoms. The van der Waals surface area contributed by atoms with Gasteiger partial charge in [-0.3, -0.25) is 10.1 Å². The van der Waals surface area contributed by atoms with Crippen LogP contribution in [0, 0.1) is 10.1 Å². The van der Waals surface area contributed by atoms with Crippen molar-refractivity contribution in [1.82, 2.24) is 9.78 Å². The van der Waals surface area contributed by atoms with Crippen molar-refractivity contribution in [2.45, 2.75) is 0 Å². The standard InChI is InChI=1S/C10H7N3O4/c14-10(15)7-5-6-12(11-7)8-3-1-2-4-9(8)13(16)17/h1-6H,(H,14,15). The minimum atomic E-state index is -1.18. The van der Waals surface area contributed by atoms with Gasteiger partial charge in [-0.15, -0.1) is 0 Å². The van der Waals surface area contributed by atoms with E-state index in [1.165, 1.54) is 35.1 Å². The van der Waals surface area contributed by atoms with Gasteiger partial charge in [-0.25, -0.2) is 9.48 Å². The summed E-state index contributed by atoms with van der Waals surface area (Å²) in [5.74, 6) is -1.18. The van der Waals surface area contributed by atoms with Crippen LogP contribution in [0.4, 0.5) is 5.69 Å². The van der Waals surface area contributed by atoms with E-state index < -0.39 is 10.9 Å². The van der Waals surface area contributed by atoms with Crippen LogP contribution in [-0.2, 0) is 0 Å². The Morgan fingerprint density at radius 2 is 2.06 bits per heavy atom. The van der Waals surface area contributed by atoms with Crippen LogP contribution in [0.3, 0.4) is 0 Å². The predicted octanol–water partition coefficient (Wildman–Crippen LogP) is 1.48. The van der Waals surface area contributed by atoms with Crippen molar-refractivity contribution >= 4 is 11.7 Å². The number of aromatic carboxylic acids is 1. The Labute approximate surface area is 95.1 Å². The van der Waals surface area contributed by atoms with Crippen LogP contribution >= 0.6 is 0 Å². The highest BCUT2D eigenvalue weighted by Gasteiger charge is 2.16. The number of carbonyl (C=O) groups is 1. The minimum Gasteiger partial charge on any atom is -0.476 e. The summed E-state index contributed by atoms with van der Waals surface area (Å²) < 4.78 is 1.17. The van der Waals surface area contributed by atoms with Crippen molar-refractivity contribution in [2.75, 3.05) is 0 Å². The number of hydrogen-bond acceptors (Lipinski definition) is 4. The predicted molar refractivity (Wildman–Crippen MR) is 57.2 cm³/mol. The van der Waals surface area contributed by atoms with Crippen LogP contribution in [0.25, 0.3) is 5.69 Å². The molecule has 7 heteroatoms. The molecule has 86 valence electrons. The molecule has 7 nitrogen and oxygen atoms in total. The van der Waals surface area contributed by atoms with Crippen LogP contribution in [0.1, 0.15) is 10.5 Å². The first kappa shape index (κ1) is 10.8. The van der Waals surface area contributed by atoms with Gasteiger partial charge in [0.25, 0.3) is 5.69 Å². The highest BCUT2D eigenvalue weighted by Crippen LogP contribution is 2.21. The van der Waals surface area contributed by atoms with Crippen LogP contribution in [0.15, 0.2) is 36.5 Å². The molecule has 0 radical (unpaired) electrons. The molecular formula is C10H7N3O4. The molecule has 0 unspecified atom stereocenters. The summed E-state index contributed by atoms with van der Waals surface area (Å²) in [5.41, 5.74) is -0.0688. The van der Waals surface area contributed by atoms with E-state index in [1.54, 1.807) is 6.07 Å². The Morgan fingerprint density at radius 3 is 2.65 bits per heavy atom. The van der Waals surface area contributed by atoms with Crippen molar-refractivity contribution in [1.29, 1.82) is 0 Å². The smallest absolute Gasteiger partial charge is 0.356 e. The number of hydrogen-bond donors (Lipinski definition) is 1. The highest BCUT2D eigenvalue weighted by molar-refractivity contribution is 5.85. The Kier molecular flexibility index (Phi) is 2.57. The number of carboxylic acid groups (broad SMARTS) is 1. The van der Waals surface area contributed by atoms with Crippen molar-refractivity contribution in [3.63, 3.8) is 0 Å². The molecule has 1 N–H and O–H groups in total. The summed E-state index contributed by atoms with van der Waals surface area (Å²) >= 11 is 0. The number of carboxylic acids is 1. The molecule has 2 rings (SSSR count). The lowest BCUT2D eigenvalue weighted by molar-refractivity contribution is -0.384. The van der Waals surface area contributed by atoms with E-state index in [1.807, 2.05) is 0 Å². The van der Waals surface area contributed by atoms with Crippen LogP contribution in [-0.4, -0.2) is 25.8 Å². The summed E-state index contributed by atoms with van der Waals surface area (Å²) in [6, 6.07) is 7.25. The lowest BCUT2D eigenvalue weighted by Gasteiger charge is -2.01. The molecule has 0 atom stereocenters. The average molecular weight is 233 g/mol. The molecule has 0 saturated carbocycles. The number of nitro benzene ring substituents is 1. The first-order valence-corrected chi connectivity index (χ1v) is 4.62. The minimum absolute atomic E-state index is 0.132. The number of para-hydroxylation sites is 2. The van der Waals surface area contributed by atoms with E-state index in [9.17, 15) is 14.9 Å². The summed E-state index contributed by atoms with van der Waals surface area (Å²) in [6.07, 6.45) is 1.37. The molecule has 2 aromatic rings. The van der Waals surface area contributed by atoms with Crippen molar-refractivity contribution in [3.05, 3.63) is 52.3 Å². The SMILES string of the molecule is O=C(O)c1ccn(-c2ccccc2[N+](=O)[O-])n1. The molecule has 0 saturated heterocycles. The second kappa shape index (κ2) is 4.05. The first-order valence-electron chi connectivity index (χ1n) is 4.62. The fourth-order valence-corrected chi connectivity index (χ4v) is 1.38. The van der Waals surface area contributed by atoms with Crippen LogP contribution in [0.2, 0.25) is 0 Å². The normalized spacial score (nSPS) is 10.1. The largest absolute Gasteiger partial charge is 0.476 e. The van der Waals surface area contributed by atoms with Gasteiger partial charge >= 0.3 is 5.97 Å². The quantitative estimate of drug-likeness (QED) is 0.639. The third-order valence-corrected chi connectivity index (χ3v) is 2.13. The Morgan fingerprint density at radius 1 is 1.35 bits per heavy atom. The zero-order valence-electron chi connectivity index (χ0n) is 8.48. The van der Waals surface area contributed by atoms with Gasteiger partial charge in [0.1, 0.15) is 5.69 Å². The number of nitro groups is 1. The molecule has 0 aliphatic heterocycles. The Bertz CT molecular complexity index is 591. The molecule has 17 heavy (non-hydrogen) atoms. The van der Waals surface area contributed by atoms with Gasteiger partial charge in [0.05, 0.1) is 4.92 Å². The van der Waals surface area contributed by atoms with E-state index in [-0.39, 0.29) is 17.1 Å². The summed E-state index contributed by atoms with van der Waals surface area (Å²) in [6.45, 7) is 0. The van der Waals surface area contributed by atoms with E-state index in [0.717, 1.165) is 0 Å². The van der Waals surface area contributed by atoms with Crippen LogP contribution < -0.4 is 0 Å². The van der Waals surface area contributed by atoms with Crippen molar-refractivity contribution < 1.29 is 14.8 Å². The van der Waals surface area contributed by atoms with Gasteiger partial charge in [0, 0.05) is 12.3 Å². The third kappa shape index (κ3) is 1.98. The summed E-state index contributed by atoms with van der Waals surface area (Å²) in [5, 5.41) is 23.2. The number of benzene rings is 1. The number of nitrogens with zero attached hydrogens (tertiary/aromatic N) is 3. The monoisotopic (exact) mass is 233 g/mol. The van der Waals surface area contributed by atoms with Gasteiger partial charge in [0.2, 0.25) is 0 Å². The molecule has 1 aromatic heterocycles. The number of rotatable bonds is 3.